The molecular formula is C11H5F4NO3. The topological polar surface area (TPSA) is 63.3 Å². The van der Waals surface area contributed by atoms with Crippen LogP contribution in [0.2, 0.25) is 0 Å². The van der Waals surface area contributed by atoms with Gasteiger partial charge in [-0.05, 0) is 24.3 Å². The minimum Gasteiger partial charge on any atom is -0.476 e. The molecule has 2 rings (SSSR count). The molecule has 0 aliphatic carbocycles. The van der Waals surface area contributed by atoms with Crippen LogP contribution in [-0.2, 0) is 6.18 Å². The summed E-state index contributed by atoms with van der Waals surface area (Å²) in [6.07, 6.45) is -4.90. The number of aromatic carboxylic acids is 1. The smallest absolute Gasteiger partial charge is 0.468 e. The number of hydrogen-bond donors (Lipinski definition) is 1. The Balaban J connectivity index is 2.58. The van der Waals surface area contributed by atoms with E-state index in [1.165, 1.54) is 0 Å². The second kappa shape index (κ2) is 4.38. The number of halogens is 4. The van der Waals surface area contributed by atoms with E-state index in [0.717, 1.165) is 24.3 Å². The van der Waals surface area contributed by atoms with Gasteiger partial charge in [-0.3, -0.25) is 0 Å². The van der Waals surface area contributed by atoms with E-state index in [4.69, 9.17) is 5.11 Å². The van der Waals surface area contributed by atoms with Crippen molar-refractivity contribution in [2.24, 2.45) is 0 Å². The lowest BCUT2D eigenvalue weighted by molar-refractivity contribution is -0.156. The Morgan fingerprint density at radius 2 is 1.79 bits per heavy atom. The molecule has 0 aliphatic heterocycles. The van der Waals surface area contributed by atoms with Crippen LogP contribution in [0.4, 0.5) is 17.6 Å². The number of carboxylic acids is 1. The third-order valence-electron chi connectivity index (χ3n) is 2.18. The summed E-state index contributed by atoms with van der Waals surface area (Å²) in [5, 5.41) is 8.80. The summed E-state index contributed by atoms with van der Waals surface area (Å²) in [5.74, 6) is -4.51. The highest BCUT2D eigenvalue weighted by molar-refractivity contribution is 5.92. The molecule has 0 unspecified atom stereocenters. The number of alkyl halides is 3. The van der Waals surface area contributed by atoms with Crippen molar-refractivity contribution < 1.29 is 31.9 Å². The minimum atomic E-state index is -4.90. The van der Waals surface area contributed by atoms with Crippen LogP contribution in [0.25, 0.3) is 11.3 Å². The minimum absolute atomic E-state index is 0.0122. The molecule has 0 bridgehead atoms. The van der Waals surface area contributed by atoms with E-state index in [0.29, 0.717) is 0 Å². The van der Waals surface area contributed by atoms with Crippen LogP contribution >= 0.6 is 0 Å². The Kier molecular flexibility index (Phi) is 3.01. The van der Waals surface area contributed by atoms with Crippen LogP contribution < -0.4 is 0 Å². The first-order valence-electron chi connectivity index (χ1n) is 4.86. The van der Waals surface area contributed by atoms with Crippen molar-refractivity contribution in [3.63, 3.8) is 0 Å². The monoisotopic (exact) mass is 275 g/mol. The van der Waals surface area contributed by atoms with Gasteiger partial charge in [-0.2, -0.15) is 18.2 Å². The summed E-state index contributed by atoms with van der Waals surface area (Å²) >= 11 is 0. The lowest BCUT2D eigenvalue weighted by Crippen LogP contribution is -2.06. The van der Waals surface area contributed by atoms with Crippen molar-refractivity contribution in [1.29, 1.82) is 0 Å². The molecule has 0 saturated carbocycles. The van der Waals surface area contributed by atoms with Gasteiger partial charge in [-0.25, -0.2) is 9.18 Å². The van der Waals surface area contributed by atoms with E-state index >= 15 is 0 Å². The van der Waals surface area contributed by atoms with Gasteiger partial charge in [0.15, 0.2) is 11.5 Å². The highest BCUT2D eigenvalue weighted by Crippen LogP contribution is 2.34. The van der Waals surface area contributed by atoms with Crippen LogP contribution in [0, 0.1) is 5.82 Å². The molecular weight excluding hydrogens is 270 g/mol. The number of aromatic nitrogens is 1. The van der Waals surface area contributed by atoms with Crippen molar-refractivity contribution in [2.75, 3.05) is 0 Å². The lowest BCUT2D eigenvalue weighted by Gasteiger charge is -1.99. The Morgan fingerprint density at radius 3 is 2.26 bits per heavy atom. The summed E-state index contributed by atoms with van der Waals surface area (Å²) in [6.45, 7) is 0. The fourth-order valence-electron chi connectivity index (χ4n) is 1.38. The number of hydrogen-bond acceptors (Lipinski definition) is 3. The van der Waals surface area contributed by atoms with Gasteiger partial charge in [0.05, 0.1) is 0 Å². The molecule has 2 aromatic rings. The zero-order valence-electron chi connectivity index (χ0n) is 9.03. The van der Waals surface area contributed by atoms with E-state index in [2.05, 4.69) is 9.40 Å². The van der Waals surface area contributed by atoms with Crippen molar-refractivity contribution in [1.82, 2.24) is 4.98 Å². The number of carboxylic acid groups (broad SMARTS) is 1. The third kappa shape index (κ3) is 2.56. The van der Waals surface area contributed by atoms with Gasteiger partial charge in [0.25, 0.3) is 0 Å². The Morgan fingerprint density at radius 1 is 1.21 bits per heavy atom. The first-order chi connectivity index (χ1) is 8.79. The SMILES string of the molecule is O=C(O)c1nc(C(F)(F)F)oc1-c1ccc(F)cc1. The second-order valence-electron chi connectivity index (χ2n) is 3.51. The van der Waals surface area contributed by atoms with Gasteiger partial charge < -0.3 is 9.52 Å². The van der Waals surface area contributed by atoms with Gasteiger partial charge in [0, 0.05) is 5.56 Å². The molecule has 0 radical (unpaired) electrons. The second-order valence-corrected chi connectivity index (χ2v) is 3.51. The van der Waals surface area contributed by atoms with Crippen molar-refractivity contribution in [3.8, 4) is 11.3 Å². The molecule has 19 heavy (non-hydrogen) atoms. The van der Waals surface area contributed by atoms with Gasteiger partial charge in [-0.1, -0.05) is 0 Å². The van der Waals surface area contributed by atoms with Crippen LogP contribution in [0.5, 0.6) is 0 Å². The van der Waals surface area contributed by atoms with Crippen LogP contribution in [0.15, 0.2) is 28.7 Å². The first kappa shape index (κ1) is 13.1. The zero-order chi connectivity index (χ0) is 14.2. The standard InChI is InChI=1S/C11H5F4NO3/c12-6-3-1-5(2-4-6)8-7(9(17)18)16-10(19-8)11(13,14)15/h1-4H,(H,17,18). The van der Waals surface area contributed by atoms with Crippen molar-refractivity contribution >= 4 is 5.97 Å². The average Bonchev–Trinajstić information content (AvgIpc) is 2.74. The molecule has 1 N–H and O–H groups in total. The Bertz CT molecular complexity index is 616. The van der Waals surface area contributed by atoms with E-state index < -0.39 is 35.3 Å². The maximum atomic E-state index is 12.7. The molecule has 0 amide bonds. The van der Waals surface area contributed by atoms with E-state index in [9.17, 15) is 22.4 Å². The Labute approximate surface area is 103 Å². The lowest BCUT2D eigenvalue weighted by atomic mass is 10.1. The fourth-order valence-corrected chi connectivity index (χ4v) is 1.38. The normalized spacial score (nSPS) is 11.6. The predicted octanol–water partition coefficient (Wildman–Crippen LogP) is 3.20. The van der Waals surface area contributed by atoms with Gasteiger partial charge >= 0.3 is 18.0 Å². The summed E-state index contributed by atoms with van der Waals surface area (Å²) < 4.78 is 54.4. The van der Waals surface area contributed by atoms with Gasteiger partial charge in [-0.15, -0.1) is 0 Å². The molecule has 1 heterocycles. The van der Waals surface area contributed by atoms with E-state index in [1.807, 2.05) is 0 Å². The number of carbonyl (C=O) groups is 1. The molecule has 8 heteroatoms. The maximum Gasteiger partial charge on any atom is 0.468 e. The summed E-state index contributed by atoms with van der Waals surface area (Å²) in [4.78, 5) is 13.7. The first-order valence-corrected chi connectivity index (χ1v) is 4.86. The van der Waals surface area contributed by atoms with Crippen LogP contribution in [-0.4, -0.2) is 16.1 Å². The molecule has 0 atom stereocenters. The molecule has 1 aromatic heterocycles. The fraction of sp³-hybridized carbons (Fsp3) is 0.0909. The van der Waals surface area contributed by atoms with E-state index in [1.54, 1.807) is 0 Å². The quantitative estimate of drug-likeness (QED) is 0.855. The molecule has 1 aromatic carbocycles. The van der Waals surface area contributed by atoms with Crippen LogP contribution in [0.1, 0.15) is 16.4 Å². The molecule has 0 fully saturated rings. The largest absolute Gasteiger partial charge is 0.476 e. The molecule has 0 saturated heterocycles. The molecule has 0 aliphatic rings. The zero-order valence-corrected chi connectivity index (χ0v) is 9.03. The molecule has 100 valence electrons. The third-order valence-corrected chi connectivity index (χ3v) is 2.18. The van der Waals surface area contributed by atoms with E-state index in [-0.39, 0.29) is 5.56 Å². The average molecular weight is 275 g/mol. The van der Waals surface area contributed by atoms with Gasteiger partial charge in [0.1, 0.15) is 5.82 Å². The Hall–Kier alpha value is -2.38. The highest BCUT2D eigenvalue weighted by Gasteiger charge is 2.39. The van der Waals surface area contributed by atoms with Gasteiger partial charge in [0.2, 0.25) is 0 Å². The number of nitrogens with zero attached hydrogens (tertiary/aromatic N) is 1. The number of benzene rings is 1. The number of rotatable bonds is 2. The predicted molar refractivity (Wildman–Crippen MR) is 53.9 cm³/mol. The van der Waals surface area contributed by atoms with Crippen LogP contribution in [0.3, 0.4) is 0 Å². The number of oxazole rings is 1. The van der Waals surface area contributed by atoms with Crippen molar-refractivity contribution in [3.05, 3.63) is 41.7 Å². The highest BCUT2D eigenvalue weighted by atomic mass is 19.4. The summed E-state index contributed by atoms with van der Waals surface area (Å²) in [6, 6.07) is 4.14. The van der Waals surface area contributed by atoms with Crippen molar-refractivity contribution in [2.45, 2.75) is 6.18 Å². The summed E-state index contributed by atoms with van der Waals surface area (Å²) in [7, 11) is 0. The summed E-state index contributed by atoms with van der Waals surface area (Å²) in [5.41, 5.74) is -0.888. The molecule has 4 nitrogen and oxygen atoms in total. The molecule has 0 spiro atoms. The maximum absolute atomic E-state index is 12.7.